The molecule has 23 heavy (non-hydrogen) atoms. The molecule has 0 heterocycles. The summed E-state index contributed by atoms with van der Waals surface area (Å²) in [6.45, 7) is 5.70. The molecule has 2 atom stereocenters. The van der Waals surface area contributed by atoms with Gasteiger partial charge < -0.3 is 12.0 Å². The maximum absolute atomic E-state index is 9.52. The van der Waals surface area contributed by atoms with Crippen molar-refractivity contribution >= 4 is 0 Å². The molecule has 1 N–H and O–H groups in total. The smallest absolute Gasteiger partial charge is 0.0335 e. The van der Waals surface area contributed by atoms with Gasteiger partial charge in [0.05, 0.1) is 0 Å². The molecule has 2 unspecified atom stereocenters. The molecule has 0 aromatic heterocycles. The van der Waals surface area contributed by atoms with E-state index in [2.05, 4.69) is 6.92 Å². The maximum atomic E-state index is 9.52. The number of hydrogen-bond acceptors (Lipinski definition) is 1. The van der Waals surface area contributed by atoms with Gasteiger partial charge in [-0.15, -0.1) is 0 Å². The molecule has 0 saturated heterocycles. The normalized spacial score (nSPS) is 18.6. The van der Waals surface area contributed by atoms with Gasteiger partial charge in [0.15, 0.2) is 0 Å². The van der Waals surface area contributed by atoms with Crippen molar-refractivity contribution in [1.29, 1.82) is 0 Å². The number of aliphatic hydroxyl groups excluding tert-OH is 1. The minimum absolute atomic E-state index is 0. The van der Waals surface area contributed by atoms with Crippen molar-refractivity contribution in [3.05, 3.63) is 107 Å². The van der Waals surface area contributed by atoms with E-state index in [1.807, 2.05) is 101 Å². The van der Waals surface area contributed by atoms with Crippen LogP contribution in [-0.4, -0.2) is 11.2 Å². The molecule has 120 valence electrons. The van der Waals surface area contributed by atoms with Crippen LogP contribution in [0.5, 0.6) is 0 Å². The second-order valence-corrected chi connectivity index (χ2v) is 4.98. The summed E-state index contributed by atoms with van der Waals surface area (Å²) in [4.78, 5) is 0. The summed E-state index contributed by atoms with van der Waals surface area (Å²) in [5.41, 5.74) is 1.17. The summed E-state index contributed by atoms with van der Waals surface area (Å²) in [5, 5.41) is 9.52. The van der Waals surface area contributed by atoms with Crippen LogP contribution in [0, 0.1) is 71.1 Å². The standard InChI is InChI=1S/C11H15O.2C5H5.Zr/c1-3-11(12)9(2)10-7-5-4-6-8-10;2*1-2-4-5-3-1;/h4-9,11-12H,1,3H2,2H3;2*1-5H;/q-1;;;. The van der Waals surface area contributed by atoms with Crippen LogP contribution in [-0.2, 0) is 26.2 Å². The van der Waals surface area contributed by atoms with E-state index < -0.39 is 0 Å². The zero-order chi connectivity index (χ0) is 16.0. The van der Waals surface area contributed by atoms with Gasteiger partial charge >= 0.3 is 0 Å². The molecule has 0 spiro atoms. The summed E-state index contributed by atoms with van der Waals surface area (Å²) >= 11 is 0. The fraction of sp³-hybridized carbons (Fsp3) is 0.190. The van der Waals surface area contributed by atoms with E-state index in [1.54, 1.807) is 0 Å². The van der Waals surface area contributed by atoms with E-state index in [0.29, 0.717) is 6.42 Å². The average molecular weight is 385 g/mol. The zero-order valence-corrected chi connectivity index (χ0v) is 16.1. The molecule has 1 aromatic rings. The van der Waals surface area contributed by atoms with E-state index in [4.69, 9.17) is 0 Å². The molecule has 0 bridgehead atoms. The molecule has 0 amide bonds. The van der Waals surface area contributed by atoms with E-state index in [0.717, 1.165) is 0 Å². The maximum Gasteiger partial charge on any atom is 0.0335 e. The fourth-order valence-corrected chi connectivity index (χ4v) is 1.87. The third kappa shape index (κ3) is 11.3. The molecule has 2 aliphatic carbocycles. The number of rotatable bonds is 3. The minimum atomic E-state index is -0.326. The molecular formula is C21H25OZr-. The zero-order valence-electron chi connectivity index (χ0n) is 13.7. The first-order valence-corrected chi connectivity index (χ1v) is 7.61. The van der Waals surface area contributed by atoms with Crippen LogP contribution in [0.4, 0.5) is 0 Å². The van der Waals surface area contributed by atoms with Crippen LogP contribution in [0.2, 0.25) is 0 Å². The summed E-state index contributed by atoms with van der Waals surface area (Å²) in [6, 6.07) is 10.0. The number of hydrogen-bond donors (Lipinski definition) is 1. The van der Waals surface area contributed by atoms with E-state index in [9.17, 15) is 5.11 Å². The molecular weight excluding hydrogens is 359 g/mol. The summed E-state index contributed by atoms with van der Waals surface area (Å²) in [6.07, 6.45) is 20.2. The number of benzene rings is 1. The molecule has 2 aliphatic rings. The van der Waals surface area contributed by atoms with Crippen molar-refractivity contribution in [1.82, 2.24) is 0 Å². The molecule has 2 saturated carbocycles. The van der Waals surface area contributed by atoms with Gasteiger partial charge in [0.2, 0.25) is 0 Å². The Bertz CT molecular complexity index is 319. The first kappa shape index (κ1) is 23.1. The van der Waals surface area contributed by atoms with Crippen molar-refractivity contribution in [2.45, 2.75) is 25.4 Å². The third-order valence-corrected chi connectivity index (χ3v) is 3.31. The van der Waals surface area contributed by atoms with Crippen LogP contribution in [0.15, 0.2) is 30.3 Å². The van der Waals surface area contributed by atoms with Crippen molar-refractivity contribution in [2.75, 3.05) is 0 Å². The Labute approximate surface area is 163 Å². The van der Waals surface area contributed by atoms with E-state index >= 15 is 0 Å². The van der Waals surface area contributed by atoms with Crippen molar-refractivity contribution in [3.63, 3.8) is 0 Å². The average Bonchev–Trinajstić information content (AvgIpc) is 3.32. The van der Waals surface area contributed by atoms with Crippen LogP contribution in [0.3, 0.4) is 0 Å². The van der Waals surface area contributed by atoms with E-state index in [-0.39, 0.29) is 38.2 Å². The second kappa shape index (κ2) is 15.6. The minimum Gasteiger partial charge on any atom is -0.395 e. The Morgan fingerprint density at radius 3 is 1.43 bits per heavy atom. The molecule has 1 nitrogen and oxygen atoms in total. The Hall–Kier alpha value is 0.0631. The van der Waals surface area contributed by atoms with E-state index in [1.165, 1.54) is 5.56 Å². The third-order valence-electron chi connectivity index (χ3n) is 3.31. The Morgan fingerprint density at radius 2 is 1.13 bits per heavy atom. The Balaban J connectivity index is 0.000000362. The van der Waals surface area contributed by atoms with Crippen LogP contribution >= 0.6 is 0 Å². The largest absolute Gasteiger partial charge is 0.395 e. The van der Waals surface area contributed by atoms with Gasteiger partial charge in [0.1, 0.15) is 0 Å². The van der Waals surface area contributed by atoms with Gasteiger partial charge in [0, 0.05) is 38.2 Å². The van der Waals surface area contributed by atoms with Crippen LogP contribution in [0.1, 0.15) is 24.8 Å². The molecule has 2 heteroatoms. The fourth-order valence-electron chi connectivity index (χ4n) is 1.87. The predicted octanol–water partition coefficient (Wildman–Crippen LogP) is 4.42. The van der Waals surface area contributed by atoms with Gasteiger partial charge in [-0.25, -0.2) is 0 Å². The Kier molecular flexibility index (Phi) is 15.6. The second-order valence-electron chi connectivity index (χ2n) is 4.98. The summed E-state index contributed by atoms with van der Waals surface area (Å²) < 4.78 is 0. The monoisotopic (exact) mass is 383 g/mol. The van der Waals surface area contributed by atoms with Crippen molar-refractivity contribution in [3.8, 4) is 0 Å². The van der Waals surface area contributed by atoms with Crippen LogP contribution in [0.25, 0.3) is 0 Å². The van der Waals surface area contributed by atoms with Crippen molar-refractivity contribution < 1.29 is 31.3 Å². The predicted molar refractivity (Wildman–Crippen MR) is 93.8 cm³/mol. The van der Waals surface area contributed by atoms with Gasteiger partial charge in [-0.05, 0) is 69.8 Å². The molecule has 1 aromatic carbocycles. The topological polar surface area (TPSA) is 20.2 Å². The van der Waals surface area contributed by atoms with Crippen LogP contribution < -0.4 is 0 Å². The SMILES string of the molecule is [CH2-]CC(O)C(C)c1ccccc1.[CH]1[CH][CH][CH][CH]1.[CH]1[CH][CH][CH][CH]1.[Zr]. The Morgan fingerprint density at radius 1 is 0.783 bits per heavy atom. The molecule has 10 radical (unpaired) electrons. The van der Waals surface area contributed by atoms with Gasteiger partial charge in [-0.1, -0.05) is 37.3 Å². The van der Waals surface area contributed by atoms with Gasteiger partial charge in [-0.3, -0.25) is 0 Å². The van der Waals surface area contributed by atoms with Gasteiger partial charge in [0.25, 0.3) is 0 Å². The number of aliphatic hydroxyl groups is 1. The summed E-state index contributed by atoms with van der Waals surface area (Å²) in [5.74, 6) is 0.184. The quantitative estimate of drug-likeness (QED) is 0.765. The summed E-state index contributed by atoms with van der Waals surface area (Å²) in [7, 11) is 0. The first-order valence-electron chi connectivity index (χ1n) is 7.61. The molecule has 3 rings (SSSR count). The first-order chi connectivity index (χ1) is 10.8. The van der Waals surface area contributed by atoms with Crippen molar-refractivity contribution in [2.24, 2.45) is 0 Å². The molecule has 2 fully saturated rings. The molecule has 0 aliphatic heterocycles. The van der Waals surface area contributed by atoms with Gasteiger partial charge in [-0.2, -0.15) is 6.42 Å².